The Hall–Kier alpha value is -3.07. The molecule has 0 aromatic heterocycles. The quantitative estimate of drug-likeness (QED) is 0.673. The Kier molecular flexibility index (Phi) is 4.36. The molecule has 0 bridgehead atoms. The number of benzene rings is 2. The van der Waals surface area contributed by atoms with Gasteiger partial charge in [-0.1, -0.05) is 18.2 Å². The van der Waals surface area contributed by atoms with E-state index in [1.54, 1.807) is 43.4 Å². The summed E-state index contributed by atoms with van der Waals surface area (Å²) in [6.07, 6.45) is 0. The van der Waals surface area contributed by atoms with Crippen molar-refractivity contribution in [3.8, 4) is 11.8 Å². The lowest BCUT2D eigenvalue weighted by molar-refractivity contribution is -0.384. The molecule has 6 nitrogen and oxygen atoms in total. The van der Waals surface area contributed by atoms with Gasteiger partial charge in [0.15, 0.2) is 0 Å². The van der Waals surface area contributed by atoms with Gasteiger partial charge in [0.25, 0.3) is 5.69 Å². The average Bonchev–Trinajstić information content (AvgIpc) is 2.52. The Morgan fingerprint density at radius 1 is 1.33 bits per heavy atom. The molecule has 21 heavy (non-hydrogen) atoms. The number of ether oxygens (including phenoxy) is 1. The van der Waals surface area contributed by atoms with Gasteiger partial charge < -0.3 is 10.1 Å². The molecule has 0 saturated carbocycles. The number of rotatable bonds is 5. The first-order valence-electron chi connectivity index (χ1n) is 6.22. The minimum Gasteiger partial charge on any atom is -0.488 e. The summed E-state index contributed by atoms with van der Waals surface area (Å²) in [6.45, 7) is 0.156. The number of nitrogens with zero attached hydrogens (tertiary/aromatic N) is 2. The summed E-state index contributed by atoms with van der Waals surface area (Å²) in [6, 6.07) is 13.7. The van der Waals surface area contributed by atoms with Gasteiger partial charge in [0.2, 0.25) is 0 Å². The monoisotopic (exact) mass is 283 g/mol. The van der Waals surface area contributed by atoms with E-state index in [0.29, 0.717) is 22.6 Å². The molecule has 0 aliphatic rings. The van der Waals surface area contributed by atoms with E-state index < -0.39 is 4.92 Å². The normalized spacial score (nSPS) is 9.71. The van der Waals surface area contributed by atoms with Crippen molar-refractivity contribution in [1.29, 1.82) is 5.26 Å². The number of nitro groups is 1. The van der Waals surface area contributed by atoms with Crippen molar-refractivity contribution in [2.75, 3.05) is 12.4 Å². The second-order valence-electron chi connectivity index (χ2n) is 4.26. The molecule has 0 aliphatic carbocycles. The maximum atomic E-state index is 11.0. The molecule has 0 unspecified atom stereocenters. The van der Waals surface area contributed by atoms with Crippen LogP contribution in [0.3, 0.4) is 0 Å². The summed E-state index contributed by atoms with van der Waals surface area (Å²) >= 11 is 0. The zero-order chi connectivity index (χ0) is 15.2. The van der Waals surface area contributed by atoms with E-state index in [9.17, 15) is 10.1 Å². The van der Waals surface area contributed by atoms with Crippen LogP contribution in [0.15, 0.2) is 42.5 Å². The van der Waals surface area contributed by atoms with Gasteiger partial charge in [-0.2, -0.15) is 5.26 Å². The fraction of sp³-hybridized carbons (Fsp3) is 0.133. The smallest absolute Gasteiger partial charge is 0.292 e. The van der Waals surface area contributed by atoms with Crippen molar-refractivity contribution in [2.24, 2.45) is 0 Å². The molecule has 0 heterocycles. The van der Waals surface area contributed by atoms with Gasteiger partial charge >= 0.3 is 0 Å². The second kappa shape index (κ2) is 6.39. The van der Waals surface area contributed by atoms with Gasteiger partial charge in [0.1, 0.15) is 24.1 Å². The van der Waals surface area contributed by atoms with Crippen molar-refractivity contribution >= 4 is 11.4 Å². The van der Waals surface area contributed by atoms with Crippen LogP contribution in [0.25, 0.3) is 0 Å². The molecule has 2 rings (SSSR count). The molecule has 0 aliphatic heterocycles. The highest BCUT2D eigenvalue weighted by atomic mass is 16.6. The minimum atomic E-state index is -0.446. The molecule has 1 N–H and O–H groups in total. The molecule has 6 heteroatoms. The third kappa shape index (κ3) is 3.28. The molecule has 0 atom stereocenters. The van der Waals surface area contributed by atoms with Gasteiger partial charge in [0.05, 0.1) is 10.5 Å². The number of nitrogens with one attached hydrogen (secondary N) is 1. The molecule has 0 radical (unpaired) electrons. The first-order valence-corrected chi connectivity index (χ1v) is 6.22. The van der Waals surface area contributed by atoms with Crippen molar-refractivity contribution in [2.45, 2.75) is 6.61 Å². The van der Waals surface area contributed by atoms with E-state index in [2.05, 4.69) is 5.32 Å². The zero-order valence-electron chi connectivity index (χ0n) is 11.4. The van der Waals surface area contributed by atoms with Crippen LogP contribution >= 0.6 is 0 Å². The zero-order valence-corrected chi connectivity index (χ0v) is 11.4. The van der Waals surface area contributed by atoms with Crippen LogP contribution in [0.2, 0.25) is 0 Å². The lowest BCUT2D eigenvalue weighted by atomic mass is 10.1. The van der Waals surface area contributed by atoms with Gasteiger partial charge in [0, 0.05) is 13.1 Å². The topological polar surface area (TPSA) is 88.2 Å². The predicted molar refractivity (Wildman–Crippen MR) is 78.1 cm³/mol. The second-order valence-corrected chi connectivity index (χ2v) is 4.26. The van der Waals surface area contributed by atoms with Crippen molar-refractivity contribution in [3.63, 3.8) is 0 Å². The Labute approximate surface area is 121 Å². The van der Waals surface area contributed by atoms with Gasteiger partial charge in [-0.05, 0) is 23.8 Å². The maximum Gasteiger partial charge on any atom is 0.292 e. The highest BCUT2D eigenvalue weighted by Gasteiger charge is 2.13. The molecule has 2 aromatic carbocycles. The third-order valence-corrected chi connectivity index (χ3v) is 2.93. The summed E-state index contributed by atoms with van der Waals surface area (Å²) in [5.74, 6) is 0.459. The van der Waals surface area contributed by atoms with E-state index in [1.165, 1.54) is 6.07 Å². The lowest BCUT2D eigenvalue weighted by Gasteiger charge is -2.09. The standard InChI is InChI=1S/C15H13N3O3/c1-17-13-7-6-11(8-14(13)18(19)20)10-21-15-5-3-2-4-12(15)9-16/h2-8,17H,10H2,1H3. The number of nitro benzene ring substituents is 1. The van der Waals surface area contributed by atoms with E-state index in [1.807, 2.05) is 6.07 Å². The highest BCUT2D eigenvalue weighted by Crippen LogP contribution is 2.26. The summed E-state index contributed by atoms with van der Waals surface area (Å²) in [5, 5.41) is 22.7. The van der Waals surface area contributed by atoms with Crippen molar-refractivity contribution in [1.82, 2.24) is 0 Å². The summed E-state index contributed by atoms with van der Waals surface area (Å²) < 4.78 is 5.56. The maximum absolute atomic E-state index is 11.0. The van der Waals surface area contributed by atoms with Crippen molar-refractivity contribution in [3.05, 3.63) is 63.7 Å². The molecule has 2 aromatic rings. The summed E-state index contributed by atoms with van der Waals surface area (Å²) in [7, 11) is 1.63. The van der Waals surface area contributed by atoms with Crippen LogP contribution in [-0.4, -0.2) is 12.0 Å². The largest absolute Gasteiger partial charge is 0.488 e. The number of hydrogen-bond acceptors (Lipinski definition) is 5. The molecule has 106 valence electrons. The number of anilines is 1. The Balaban J connectivity index is 2.19. The van der Waals surface area contributed by atoms with Crippen LogP contribution in [-0.2, 0) is 6.61 Å². The number of nitriles is 1. The molecular formula is C15H13N3O3. The van der Waals surface area contributed by atoms with Crippen LogP contribution in [0.1, 0.15) is 11.1 Å². The Morgan fingerprint density at radius 3 is 2.76 bits per heavy atom. The lowest BCUT2D eigenvalue weighted by Crippen LogP contribution is -2.01. The molecule has 0 saturated heterocycles. The van der Waals surface area contributed by atoms with Crippen LogP contribution in [0.5, 0.6) is 5.75 Å². The first kappa shape index (κ1) is 14.3. The molecule has 0 spiro atoms. The van der Waals surface area contributed by atoms with E-state index in [0.717, 1.165) is 0 Å². The Morgan fingerprint density at radius 2 is 2.10 bits per heavy atom. The van der Waals surface area contributed by atoms with Crippen molar-refractivity contribution < 1.29 is 9.66 Å². The highest BCUT2D eigenvalue weighted by molar-refractivity contribution is 5.62. The Bertz CT molecular complexity index is 708. The molecule has 0 fully saturated rings. The van der Waals surface area contributed by atoms with Gasteiger partial charge in [-0.15, -0.1) is 0 Å². The minimum absolute atomic E-state index is 0.00725. The predicted octanol–water partition coefficient (Wildman–Crippen LogP) is 3.09. The van der Waals surface area contributed by atoms with E-state index >= 15 is 0 Å². The summed E-state index contributed by atoms with van der Waals surface area (Å²) in [4.78, 5) is 10.5. The number of hydrogen-bond donors (Lipinski definition) is 1. The molecular weight excluding hydrogens is 270 g/mol. The average molecular weight is 283 g/mol. The van der Waals surface area contributed by atoms with Crippen LogP contribution in [0, 0.1) is 21.4 Å². The third-order valence-electron chi connectivity index (χ3n) is 2.93. The first-order chi connectivity index (χ1) is 10.2. The fourth-order valence-electron chi connectivity index (χ4n) is 1.88. The van der Waals surface area contributed by atoms with E-state index in [-0.39, 0.29) is 12.3 Å². The molecule has 0 amide bonds. The van der Waals surface area contributed by atoms with Crippen LogP contribution < -0.4 is 10.1 Å². The van der Waals surface area contributed by atoms with Crippen LogP contribution in [0.4, 0.5) is 11.4 Å². The van der Waals surface area contributed by atoms with Gasteiger partial charge in [-0.3, -0.25) is 10.1 Å². The van der Waals surface area contributed by atoms with E-state index in [4.69, 9.17) is 10.00 Å². The summed E-state index contributed by atoms with van der Waals surface area (Å²) in [5.41, 5.74) is 1.53. The SMILES string of the molecule is CNc1ccc(COc2ccccc2C#N)cc1[N+](=O)[O-]. The number of para-hydroxylation sites is 1. The fourth-order valence-corrected chi connectivity index (χ4v) is 1.88. The van der Waals surface area contributed by atoms with Gasteiger partial charge in [-0.25, -0.2) is 0 Å².